The molecule has 1 aliphatic heterocycles. The molecule has 4 heteroatoms. The van der Waals surface area contributed by atoms with Gasteiger partial charge in [0.25, 0.3) is 0 Å². The third-order valence-electron chi connectivity index (χ3n) is 4.92. The Labute approximate surface area is 149 Å². The Morgan fingerprint density at radius 1 is 1.04 bits per heavy atom. The van der Waals surface area contributed by atoms with Gasteiger partial charge in [0, 0.05) is 19.1 Å². The van der Waals surface area contributed by atoms with Crippen LogP contribution in [0.4, 0.5) is 0 Å². The van der Waals surface area contributed by atoms with Crippen molar-refractivity contribution in [1.82, 2.24) is 4.90 Å². The van der Waals surface area contributed by atoms with Gasteiger partial charge in [0.2, 0.25) is 0 Å². The lowest BCUT2D eigenvalue weighted by molar-refractivity contribution is -0.145. The van der Waals surface area contributed by atoms with E-state index < -0.39 is 12.0 Å². The highest BCUT2D eigenvalue weighted by Crippen LogP contribution is 2.25. The Hall–Kier alpha value is -2.17. The fourth-order valence-corrected chi connectivity index (χ4v) is 3.35. The monoisotopic (exact) mass is 339 g/mol. The molecule has 0 aromatic heterocycles. The number of nitrogens with zero attached hydrogens (tertiary/aromatic N) is 1. The molecule has 4 nitrogen and oxygen atoms in total. The van der Waals surface area contributed by atoms with E-state index in [1.807, 2.05) is 43.3 Å². The van der Waals surface area contributed by atoms with Gasteiger partial charge in [0.05, 0.1) is 18.6 Å². The summed E-state index contributed by atoms with van der Waals surface area (Å²) in [4.78, 5) is 14.1. The van der Waals surface area contributed by atoms with E-state index in [-0.39, 0.29) is 12.0 Å². The van der Waals surface area contributed by atoms with Crippen LogP contribution >= 0.6 is 0 Å². The molecular formula is C21H25NO3. The molecule has 25 heavy (non-hydrogen) atoms. The van der Waals surface area contributed by atoms with Crippen LogP contribution in [-0.4, -0.2) is 34.7 Å². The normalized spacial score (nSPS) is 19.6. The van der Waals surface area contributed by atoms with E-state index in [9.17, 15) is 9.90 Å². The number of aliphatic hydroxyl groups is 1. The first-order valence-electron chi connectivity index (χ1n) is 8.82. The third kappa shape index (κ3) is 4.47. The molecule has 3 rings (SSSR count). The van der Waals surface area contributed by atoms with E-state index >= 15 is 0 Å². The molecule has 0 spiro atoms. The second-order valence-electron chi connectivity index (χ2n) is 6.67. The molecule has 2 aromatic carbocycles. The third-order valence-corrected chi connectivity index (χ3v) is 4.92. The minimum atomic E-state index is -0.734. The van der Waals surface area contributed by atoms with Crippen LogP contribution in [0.2, 0.25) is 0 Å². The molecule has 132 valence electrons. The summed E-state index contributed by atoms with van der Waals surface area (Å²) in [6.07, 6.45) is -0.142. The van der Waals surface area contributed by atoms with Crippen LogP contribution in [0.1, 0.15) is 24.5 Å². The Bertz CT molecular complexity index is 633. The van der Waals surface area contributed by atoms with Crippen molar-refractivity contribution in [2.75, 3.05) is 6.61 Å². The van der Waals surface area contributed by atoms with Gasteiger partial charge in [-0.25, -0.2) is 0 Å². The van der Waals surface area contributed by atoms with Gasteiger partial charge < -0.3 is 9.84 Å². The van der Waals surface area contributed by atoms with E-state index in [0.717, 1.165) is 13.1 Å². The first-order valence-corrected chi connectivity index (χ1v) is 8.82. The fourth-order valence-electron chi connectivity index (χ4n) is 3.35. The SMILES string of the molecule is C[C@@H]([C@H](O)[C@H]1CCOC1=O)N(Cc1ccccc1)Cc1ccccc1. The standard InChI is InChI=1S/C21H25NO3/c1-16(20(23)19-12-13-25-21(19)24)22(14-17-8-4-2-5-9-17)15-18-10-6-3-7-11-18/h2-11,16,19-20,23H,12-15H2,1H3/t16-,19+,20-/m0/s1. The first-order chi connectivity index (χ1) is 12.1. The van der Waals surface area contributed by atoms with E-state index in [4.69, 9.17) is 4.74 Å². The number of hydrogen-bond donors (Lipinski definition) is 1. The Morgan fingerprint density at radius 2 is 1.56 bits per heavy atom. The van der Waals surface area contributed by atoms with Crippen LogP contribution in [0, 0.1) is 5.92 Å². The molecule has 1 N–H and O–H groups in total. The summed E-state index contributed by atoms with van der Waals surface area (Å²) >= 11 is 0. The maximum atomic E-state index is 11.9. The Kier molecular flexibility index (Phi) is 5.84. The molecule has 0 radical (unpaired) electrons. The lowest BCUT2D eigenvalue weighted by atomic mass is 9.94. The average molecular weight is 339 g/mol. The van der Waals surface area contributed by atoms with Crippen LogP contribution in [0.3, 0.4) is 0 Å². The van der Waals surface area contributed by atoms with Crippen molar-refractivity contribution in [1.29, 1.82) is 0 Å². The number of carbonyl (C=O) groups excluding carboxylic acids is 1. The van der Waals surface area contributed by atoms with Gasteiger partial charge in [0.1, 0.15) is 0 Å². The second-order valence-corrected chi connectivity index (χ2v) is 6.67. The van der Waals surface area contributed by atoms with Gasteiger partial charge >= 0.3 is 5.97 Å². The lowest BCUT2D eigenvalue weighted by Gasteiger charge is -2.34. The molecule has 1 saturated heterocycles. The summed E-state index contributed by atoms with van der Waals surface area (Å²) < 4.78 is 5.04. The molecule has 1 fully saturated rings. The molecule has 0 saturated carbocycles. The maximum Gasteiger partial charge on any atom is 0.311 e. The van der Waals surface area contributed by atoms with Crippen molar-refractivity contribution < 1.29 is 14.6 Å². The van der Waals surface area contributed by atoms with Gasteiger partial charge in [0.15, 0.2) is 0 Å². The average Bonchev–Trinajstić information content (AvgIpc) is 3.07. The zero-order valence-corrected chi connectivity index (χ0v) is 14.5. The topological polar surface area (TPSA) is 49.8 Å². The number of ether oxygens (including phenoxy) is 1. The number of benzene rings is 2. The largest absolute Gasteiger partial charge is 0.465 e. The maximum absolute atomic E-state index is 11.9. The molecular weight excluding hydrogens is 314 g/mol. The van der Waals surface area contributed by atoms with Crippen molar-refractivity contribution in [3.05, 3.63) is 71.8 Å². The summed E-state index contributed by atoms with van der Waals surface area (Å²) in [6.45, 7) is 3.83. The molecule has 0 aliphatic carbocycles. The number of hydrogen-bond acceptors (Lipinski definition) is 4. The molecule has 3 atom stereocenters. The van der Waals surface area contributed by atoms with Crippen molar-refractivity contribution in [2.45, 2.75) is 38.6 Å². The smallest absolute Gasteiger partial charge is 0.311 e. The summed E-state index contributed by atoms with van der Waals surface area (Å²) in [5.41, 5.74) is 2.37. The Balaban J connectivity index is 1.77. The van der Waals surface area contributed by atoms with Gasteiger partial charge in [-0.2, -0.15) is 0 Å². The first kappa shape index (κ1) is 17.6. The fraction of sp³-hybridized carbons (Fsp3) is 0.381. The number of cyclic esters (lactones) is 1. The zero-order valence-electron chi connectivity index (χ0n) is 14.5. The van der Waals surface area contributed by atoms with E-state index in [2.05, 4.69) is 29.2 Å². The number of aliphatic hydroxyl groups excluding tert-OH is 1. The number of carbonyl (C=O) groups is 1. The number of rotatable bonds is 7. The van der Waals surface area contributed by atoms with E-state index in [1.165, 1.54) is 11.1 Å². The van der Waals surface area contributed by atoms with Crippen molar-refractivity contribution in [3.8, 4) is 0 Å². The predicted octanol–water partition coefficient (Wildman–Crippen LogP) is 3.00. The molecule has 0 amide bonds. The zero-order chi connectivity index (χ0) is 17.6. The summed E-state index contributed by atoms with van der Waals surface area (Å²) in [7, 11) is 0. The van der Waals surface area contributed by atoms with Crippen molar-refractivity contribution in [3.63, 3.8) is 0 Å². The van der Waals surface area contributed by atoms with Crippen LogP contribution in [0.15, 0.2) is 60.7 Å². The van der Waals surface area contributed by atoms with Crippen LogP contribution in [0.5, 0.6) is 0 Å². The minimum Gasteiger partial charge on any atom is -0.465 e. The van der Waals surface area contributed by atoms with Gasteiger partial charge in [-0.05, 0) is 24.5 Å². The lowest BCUT2D eigenvalue weighted by Crippen LogP contribution is -2.45. The van der Waals surface area contributed by atoms with Crippen LogP contribution in [-0.2, 0) is 22.6 Å². The van der Waals surface area contributed by atoms with Gasteiger partial charge in [-0.1, -0.05) is 60.7 Å². The van der Waals surface area contributed by atoms with Crippen molar-refractivity contribution in [2.24, 2.45) is 5.92 Å². The molecule has 1 aliphatic rings. The van der Waals surface area contributed by atoms with Gasteiger partial charge in [-0.3, -0.25) is 9.69 Å². The van der Waals surface area contributed by atoms with Gasteiger partial charge in [-0.15, -0.1) is 0 Å². The summed E-state index contributed by atoms with van der Waals surface area (Å²) in [5, 5.41) is 10.8. The van der Waals surface area contributed by atoms with E-state index in [0.29, 0.717) is 13.0 Å². The highest BCUT2D eigenvalue weighted by Gasteiger charge is 2.37. The highest BCUT2D eigenvalue weighted by molar-refractivity contribution is 5.74. The minimum absolute atomic E-state index is 0.156. The summed E-state index contributed by atoms with van der Waals surface area (Å²) in [5.74, 6) is -0.706. The van der Waals surface area contributed by atoms with Crippen LogP contribution < -0.4 is 0 Å². The molecule has 0 bridgehead atoms. The second kappa shape index (κ2) is 8.28. The Morgan fingerprint density at radius 3 is 2.00 bits per heavy atom. The molecule has 1 heterocycles. The summed E-state index contributed by atoms with van der Waals surface area (Å²) in [6, 6.07) is 20.3. The van der Waals surface area contributed by atoms with E-state index in [1.54, 1.807) is 0 Å². The van der Waals surface area contributed by atoms with Crippen LogP contribution in [0.25, 0.3) is 0 Å². The quantitative estimate of drug-likeness (QED) is 0.788. The molecule has 0 unspecified atom stereocenters. The van der Waals surface area contributed by atoms with Crippen molar-refractivity contribution >= 4 is 5.97 Å². The predicted molar refractivity (Wildman–Crippen MR) is 96.7 cm³/mol. The number of esters is 1. The highest BCUT2D eigenvalue weighted by atomic mass is 16.5. The molecule has 2 aromatic rings.